The van der Waals surface area contributed by atoms with E-state index < -0.39 is 108 Å². The van der Waals surface area contributed by atoms with Crippen molar-refractivity contribution < 1.29 is 71.3 Å². The summed E-state index contributed by atoms with van der Waals surface area (Å²) in [6, 6.07) is 27.7. The number of carbonyl (C=O) groups excluding carboxylic acids is 10. The first kappa shape index (κ1) is 79.9. The maximum absolute atomic E-state index is 16.0. The zero-order chi connectivity index (χ0) is 77.8. The molecule has 9 amide bonds. The Bertz CT molecular complexity index is 4460. The number of halogens is 1. The largest absolute Gasteiger partial charge is 0.497 e. The molecule has 8 N–H and O–H groups in total. The van der Waals surface area contributed by atoms with Crippen molar-refractivity contribution in [1.29, 1.82) is 0 Å². The normalized spacial score (nSPS) is 22.4. The van der Waals surface area contributed by atoms with Gasteiger partial charge in [0.2, 0.25) is 47.3 Å². The highest BCUT2D eigenvalue weighted by molar-refractivity contribution is 5.99. The first-order valence-electron chi connectivity index (χ1n) is 37.5. The number of benzene rings is 5. The van der Waals surface area contributed by atoms with Crippen molar-refractivity contribution in [3.63, 3.8) is 0 Å². The van der Waals surface area contributed by atoms with Crippen LogP contribution in [0, 0.1) is 5.82 Å². The highest BCUT2D eigenvalue weighted by atomic mass is 19.1. The summed E-state index contributed by atoms with van der Waals surface area (Å²) >= 11 is 0. The molecule has 12 rings (SSSR count). The number of amides is 9. The summed E-state index contributed by atoms with van der Waals surface area (Å²) in [7, 11) is 1.51. The molecule has 0 unspecified atom stereocenters. The van der Waals surface area contributed by atoms with Gasteiger partial charge in [-0.15, -0.1) is 5.10 Å². The van der Waals surface area contributed by atoms with E-state index in [4.69, 9.17) is 24.7 Å². The molecular weight excluding hydrogens is 1410 g/mol. The van der Waals surface area contributed by atoms with Gasteiger partial charge in [-0.3, -0.25) is 43.0 Å². The number of ether oxygens (including phenoxy) is 4. The van der Waals surface area contributed by atoms with Crippen molar-refractivity contribution >= 4 is 70.0 Å². The second-order valence-electron chi connectivity index (χ2n) is 28.7. The molecule has 2 fully saturated rings. The number of Topliss-reactive ketones (excluding diaryl/α,β-unsaturated/α-hetero) is 1. The molecule has 110 heavy (non-hydrogen) atoms. The Labute approximate surface area is 637 Å². The molecule has 2 aromatic heterocycles. The van der Waals surface area contributed by atoms with Gasteiger partial charge in [0.1, 0.15) is 66.0 Å². The minimum atomic E-state index is -1.71. The van der Waals surface area contributed by atoms with Crippen LogP contribution in [0.5, 0.6) is 5.75 Å². The monoisotopic (exact) mass is 1510 g/mol. The highest BCUT2D eigenvalue weighted by Gasteiger charge is 2.50. The van der Waals surface area contributed by atoms with Crippen molar-refractivity contribution in [1.82, 2.24) is 66.2 Å². The second-order valence-corrected chi connectivity index (χ2v) is 28.7. The smallest absolute Gasteiger partial charge is 0.407 e. The molecule has 10 bridgehead atoms. The van der Waals surface area contributed by atoms with Gasteiger partial charge in [0.05, 0.1) is 44.7 Å². The van der Waals surface area contributed by atoms with Crippen molar-refractivity contribution in [3.8, 4) is 5.75 Å². The van der Waals surface area contributed by atoms with Gasteiger partial charge >= 0.3 is 6.09 Å². The van der Waals surface area contributed by atoms with E-state index >= 15 is 23.6 Å². The number of hydrogen-bond donors (Lipinski definition) is 7. The summed E-state index contributed by atoms with van der Waals surface area (Å²) in [6.07, 6.45) is 6.13. The number of rotatable bonds is 15. The van der Waals surface area contributed by atoms with E-state index in [1.165, 1.54) is 47.6 Å². The van der Waals surface area contributed by atoms with E-state index in [1.807, 2.05) is 71.3 Å². The second kappa shape index (κ2) is 37.8. The summed E-state index contributed by atoms with van der Waals surface area (Å²) in [5.41, 5.74) is 11.2. The molecule has 7 heterocycles. The number of nitrogens with two attached hydrogens (primary N) is 1. The van der Waals surface area contributed by atoms with Crippen molar-refractivity contribution in [2.24, 2.45) is 5.73 Å². The van der Waals surface area contributed by atoms with E-state index in [-0.39, 0.29) is 128 Å². The molecule has 5 aliphatic heterocycles. The number of ketones is 1. The van der Waals surface area contributed by atoms with Gasteiger partial charge < -0.3 is 80.6 Å². The fraction of sp³-hybridized carbons (Fsp3) is 0.432. The molecule has 0 saturated carbocycles. The number of nitrogens with one attached hydrogen (secondary N) is 6. The molecule has 7 aromatic rings. The lowest BCUT2D eigenvalue weighted by Crippen LogP contribution is -2.64. The third-order valence-electron chi connectivity index (χ3n) is 20.5. The minimum absolute atomic E-state index is 0.0139. The average Bonchev–Trinajstić information content (AvgIpc) is 1.61. The van der Waals surface area contributed by atoms with Crippen LogP contribution in [-0.4, -0.2) is 188 Å². The summed E-state index contributed by atoms with van der Waals surface area (Å²) in [5, 5.41) is 26.3. The van der Waals surface area contributed by atoms with Crippen LogP contribution in [0.25, 0.3) is 10.9 Å². The number of hydrogen-bond acceptors (Lipinski definition) is 17. The lowest BCUT2D eigenvalue weighted by atomic mass is 9.95. The number of fused-ring (bicyclic) bond motifs is 20. The van der Waals surface area contributed by atoms with Crippen LogP contribution in [0.4, 0.5) is 9.18 Å². The number of carbonyl (C=O) groups is 10. The predicted octanol–water partition coefficient (Wildman–Crippen LogP) is 5.13. The Morgan fingerprint density at radius 1 is 0.773 bits per heavy atom. The Morgan fingerprint density at radius 2 is 1.55 bits per heavy atom. The van der Waals surface area contributed by atoms with Gasteiger partial charge in [-0.05, 0) is 135 Å². The van der Waals surface area contributed by atoms with Crippen LogP contribution in [-0.2, 0) is 122 Å². The van der Waals surface area contributed by atoms with Crippen LogP contribution < -0.4 is 42.4 Å². The maximum atomic E-state index is 16.0. The van der Waals surface area contributed by atoms with Gasteiger partial charge in [0, 0.05) is 95.1 Å². The van der Waals surface area contributed by atoms with Gasteiger partial charge in [0.25, 0.3) is 0 Å². The topological polar surface area (TPSA) is 351 Å². The van der Waals surface area contributed by atoms with E-state index in [2.05, 4.69) is 42.2 Å². The average molecular weight is 1510 g/mol. The quantitative estimate of drug-likeness (QED) is 0.0655. The lowest BCUT2D eigenvalue weighted by molar-refractivity contribution is -0.148. The molecule has 2 saturated heterocycles. The lowest BCUT2D eigenvalue weighted by Gasteiger charge is -2.37. The first-order valence-corrected chi connectivity index (χ1v) is 37.5. The third-order valence-corrected chi connectivity index (χ3v) is 20.5. The van der Waals surface area contributed by atoms with Gasteiger partial charge in [-0.2, -0.15) is 0 Å². The Morgan fingerprint density at radius 3 is 2.34 bits per heavy atom. The molecule has 0 radical (unpaired) electrons. The van der Waals surface area contributed by atoms with E-state index in [1.54, 1.807) is 78.8 Å². The first-order chi connectivity index (χ1) is 53.1. The zero-order valence-electron chi connectivity index (χ0n) is 62.5. The number of methoxy groups -OCH3 is 1. The van der Waals surface area contributed by atoms with Crippen LogP contribution in [0.1, 0.15) is 110 Å². The zero-order valence-corrected chi connectivity index (χ0v) is 62.5. The van der Waals surface area contributed by atoms with E-state index in [0.717, 1.165) is 16.7 Å². The SMILES string of the molecule is COc1ccc(C[C@@H]2NC(=O)[C@H]([C@@H](C)OCc3cn(CCNC(=O)OCc4ccccc4)nn3)NC(=O)[C@@H]3[C@@H]4CCN3C(=O)[C@H](Cc3cn(c5ccc(F)cc35)C/C=C/CCCN(C(=O)CCC(C)=O)Cc3ccc(cc3)CCNC(=O)[C@]3(C)CCCN3C2=O)NC(=O)[C@@H](N)Cc2cccc(c2)CNC(=O)CO4)cc1. The van der Waals surface area contributed by atoms with Crippen molar-refractivity contribution in [3.05, 3.63) is 196 Å². The summed E-state index contributed by atoms with van der Waals surface area (Å²) in [6.45, 7) is 5.32. The third kappa shape index (κ3) is 21.2. The summed E-state index contributed by atoms with van der Waals surface area (Å²) in [5.74, 6) is -5.29. The molecule has 582 valence electrons. The molecule has 5 aliphatic rings. The van der Waals surface area contributed by atoms with Gasteiger partial charge in [-0.1, -0.05) is 108 Å². The predicted molar refractivity (Wildman–Crippen MR) is 403 cm³/mol. The van der Waals surface area contributed by atoms with Gasteiger partial charge in [-0.25, -0.2) is 9.18 Å². The van der Waals surface area contributed by atoms with E-state index in [9.17, 15) is 28.8 Å². The van der Waals surface area contributed by atoms with Crippen molar-refractivity contribution in [2.75, 3.05) is 46.4 Å². The fourth-order valence-electron chi connectivity index (χ4n) is 14.4. The highest BCUT2D eigenvalue weighted by Crippen LogP contribution is 2.32. The van der Waals surface area contributed by atoms with Crippen LogP contribution in [0.2, 0.25) is 0 Å². The van der Waals surface area contributed by atoms with E-state index in [0.29, 0.717) is 71.1 Å². The molecule has 8 atom stereocenters. The standard InChI is InChI=1S/C81H97FN14O14/c1-52(97)18-29-71(99)93-36-11-6-5-10-35-92-47-60(64-44-61(82)25-28-68(64)92)43-67-77(103)95-38-31-69(109-51-70(98)86-45-59-17-12-16-58(40-59)41-65(83)74(100)87-67)73(95)76(102)89-72(53(2)108-50-62-48-94(91-90-62)39-34-85-80(106)110-49-57-14-8-7-9-15-57)75(101)88-66(42-55-23-26-63(107-4)27-24-55)78(104)96-37-13-32-81(96,3)79(105)84-33-30-54-19-21-56(46-93)22-20-54/h5,7-10,12,14-17,19-28,40,44,47-48,53,65-67,69,72-73H,6,11,13,18,29-39,41-43,45-46,49-51,83H2,1-4H3,(H,84,105)(H,85,106)(H,86,98)(H,87,100)(H,88,101)(H,89,102)/b10-5+/t53-,65+,66+,67+,69+,72+,73+,81+/m1/s1. The Kier molecular flexibility index (Phi) is 27.4. The summed E-state index contributed by atoms with van der Waals surface area (Å²) in [4.78, 5) is 149. The maximum Gasteiger partial charge on any atom is 0.407 e. The van der Waals surface area contributed by atoms with Crippen molar-refractivity contribution in [2.45, 2.75) is 179 Å². The van der Waals surface area contributed by atoms with Crippen LogP contribution in [0.3, 0.4) is 0 Å². The van der Waals surface area contributed by atoms with Crippen LogP contribution in [0.15, 0.2) is 146 Å². The molecule has 28 nitrogen and oxygen atoms in total. The van der Waals surface area contributed by atoms with Gasteiger partial charge in [0.15, 0.2) is 0 Å². The Hall–Kier alpha value is -11.2. The number of nitrogens with zero attached hydrogens (tertiary/aromatic N) is 7. The molecule has 0 spiro atoms. The van der Waals surface area contributed by atoms with Crippen LogP contribution >= 0.6 is 0 Å². The number of aromatic nitrogens is 4. The molecule has 5 aromatic carbocycles. The molecule has 29 heteroatoms. The number of allylic oxidation sites excluding steroid dienone is 2. The molecule has 0 aliphatic carbocycles. The Balaban J connectivity index is 0.949. The molecular formula is C81H97FN14O14. The number of alkyl carbamates (subject to hydrolysis) is 1. The minimum Gasteiger partial charge on any atom is -0.497 e. The summed E-state index contributed by atoms with van der Waals surface area (Å²) < 4.78 is 42.6. The fourth-order valence-corrected chi connectivity index (χ4v) is 14.4.